The van der Waals surface area contributed by atoms with Gasteiger partial charge in [0.2, 0.25) is 5.91 Å². The summed E-state index contributed by atoms with van der Waals surface area (Å²) in [5, 5.41) is 2.92. The second kappa shape index (κ2) is 7.43. The Kier molecular flexibility index (Phi) is 5.02. The molecule has 138 valence electrons. The largest absolute Gasteiger partial charge is 0.333 e. The number of nitrogens with zero attached hydrogens (tertiary/aromatic N) is 2. The molecule has 2 fully saturated rings. The number of hydrogen-bond donors (Lipinski definition) is 0. The summed E-state index contributed by atoms with van der Waals surface area (Å²) in [4.78, 5) is 19.7. The molecule has 26 heavy (non-hydrogen) atoms. The molecule has 3 atom stereocenters. The summed E-state index contributed by atoms with van der Waals surface area (Å²) in [6.45, 7) is 0.734. The minimum Gasteiger partial charge on any atom is -0.333 e. The third-order valence-electron chi connectivity index (χ3n) is 5.72. The van der Waals surface area contributed by atoms with Crippen molar-refractivity contribution in [1.82, 2.24) is 9.88 Å². The smallest absolute Gasteiger partial charge is 0.226 e. The van der Waals surface area contributed by atoms with Crippen LogP contribution in [-0.2, 0) is 4.79 Å². The summed E-state index contributed by atoms with van der Waals surface area (Å²) < 4.78 is 27.7. The quantitative estimate of drug-likeness (QED) is 0.750. The van der Waals surface area contributed by atoms with E-state index in [2.05, 4.69) is 4.98 Å². The number of hydrogen-bond acceptors (Lipinski definition) is 3. The molecule has 0 spiro atoms. The molecule has 1 unspecified atom stereocenters. The Morgan fingerprint density at radius 3 is 2.77 bits per heavy atom. The van der Waals surface area contributed by atoms with Crippen molar-refractivity contribution in [3.63, 3.8) is 0 Å². The Labute approximate surface area is 156 Å². The molecule has 0 radical (unpaired) electrons. The number of aromatic nitrogens is 1. The van der Waals surface area contributed by atoms with E-state index in [1.807, 2.05) is 10.3 Å². The van der Waals surface area contributed by atoms with Crippen molar-refractivity contribution in [3.8, 4) is 0 Å². The monoisotopic (exact) mass is 376 g/mol. The van der Waals surface area contributed by atoms with Gasteiger partial charge in [-0.1, -0.05) is 18.9 Å². The lowest BCUT2D eigenvalue weighted by Gasteiger charge is -2.35. The van der Waals surface area contributed by atoms with Crippen LogP contribution >= 0.6 is 11.3 Å². The van der Waals surface area contributed by atoms with E-state index >= 15 is 0 Å². The third kappa shape index (κ3) is 3.27. The molecular weight excluding hydrogens is 354 g/mol. The van der Waals surface area contributed by atoms with Gasteiger partial charge in [-0.05, 0) is 43.2 Å². The molecule has 4 rings (SSSR count). The van der Waals surface area contributed by atoms with Gasteiger partial charge in [0, 0.05) is 30.1 Å². The van der Waals surface area contributed by atoms with E-state index in [4.69, 9.17) is 0 Å². The third-order valence-corrected chi connectivity index (χ3v) is 6.59. The van der Waals surface area contributed by atoms with Crippen LogP contribution < -0.4 is 0 Å². The topological polar surface area (TPSA) is 33.2 Å². The predicted octanol–water partition coefficient (Wildman–Crippen LogP) is 5.06. The highest BCUT2D eigenvalue weighted by Crippen LogP contribution is 2.43. The summed E-state index contributed by atoms with van der Waals surface area (Å²) in [6, 6.07) is 3.79. The van der Waals surface area contributed by atoms with Gasteiger partial charge in [0.1, 0.15) is 16.6 Å². The van der Waals surface area contributed by atoms with Gasteiger partial charge >= 0.3 is 0 Å². The van der Waals surface area contributed by atoms with Crippen LogP contribution in [0, 0.1) is 17.6 Å². The van der Waals surface area contributed by atoms with Crippen molar-refractivity contribution < 1.29 is 13.6 Å². The van der Waals surface area contributed by atoms with Crippen LogP contribution in [-0.4, -0.2) is 22.3 Å². The van der Waals surface area contributed by atoms with Crippen LogP contribution in [0.25, 0.3) is 0 Å². The minimum absolute atomic E-state index is 0.0446. The Morgan fingerprint density at radius 2 is 2.00 bits per heavy atom. The SMILES string of the molecule is O=C(C1CCCC[C@H]1c1ccc(F)cc1F)N1CCC[C@@H]1c1nccs1. The average Bonchev–Trinajstić information content (AvgIpc) is 3.32. The van der Waals surface area contributed by atoms with Crippen LogP contribution in [0.5, 0.6) is 0 Å². The first-order chi connectivity index (χ1) is 12.6. The first-order valence-corrected chi connectivity index (χ1v) is 10.2. The molecule has 1 aliphatic heterocycles. The Balaban J connectivity index is 1.60. The highest BCUT2D eigenvalue weighted by molar-refractivity contribution is 7.09. The van der Waals surface area contributed by atoms with Crippen molar-refractivity contribution >= 4 is 17.2 Å². The molecule has 3 nitrogen and oxygen atoms in total. The number of thiazole rings is 1. The minimum atomic E-state index is -0.576. The zero-order valence-corrected chi connectivity index (χ0v) is 15.4. The summed E-state index contributed by atoms with van der Waals surface area (Å²) in [5.41, 5.74) is 0.481. The summed E-state index contributed by atoms with van der Waals surface area (Å²) in [7, 11) is 0. The van der Waals surface area contributed by atoms with Crippen LogP contribution in [0.3, 0.4) is 0 Å². The maximum Gasteiger partial charge on any atom is 0.226 e. The molecule has 1 amide bonds. The zero-order valence-electron chi connectivity index (χ0n) is 14.5. The van der Waals surface area contributed by atoms with Crippen LogP contribution in [0.15, 0.2) is 29.8 Å². The number of likely N-dealkylation sites (tertiary alicyclic amines) is 1. The Hall–Kier alpha value is -1.82. The second-order valence-corrected chi connectivity index (χ2v) is 8.15. The van der Waals surface area contributed by atoms with Gasteiger partial charge in [-0.3, -0.25) is 4.79 Å². The van der Waals surface area contributed by atoms with E-state index < -0.39 is 11.6 Å². The van der Waals surface area contributed by atoms with Crippen molar-refractivity contribution in [3.05, 3.63) is 52.0 Å². The number of halogens is 2. The Bertz CT molecular complexity index is 780. The molecule has 1 saturated carbocycles. The van der Waals surface area contributed by atoms with Gasteiger partial charge < -0.3 is 4.90 Å². The van der Waals surface area contributed by atoms with E-state index in [1.165, 1.54) is 12.1 Å². The Morgan fingerprint density at radius 1 is 1.15 bits per heavy atom. The molecule has 1 aromatic carbocycles. The van der Waals surface area contributed by atoms with Gasteiger partial charge in [0.25, 0.3) is 0 Å². The highest BCUT2D eigenvalue weighted by atomic mass is 32.1. The van der Waals surface area contributed by atoms with Gasteiger partial charge in [-0.2, -0.15) is 0 Å². The van der Waals surface area contributed by atoms with Crippen LogP contribution in [0.2, 0.25) is 0 Å². The van der Waals surface area contributed by atoms with E-state index in [9.17, 15) is 13.6 Å². The van der Waals surface area contributed by atoms with Gasteiger partial charge in [-0.15, -0.1) is 11.3 Å². The normalized spacial score (nSPS) is 26.2. The molecular formula is C20H22F2N2OS. The first kappa shape index (κ1) is 17.6. The summed E-state index contributed by atoms with van der Waals surface area (Å²) in [5.74, 6) is -1.41. The molecule has 0 N–H and O–H groups in total. The summed E-state index contributed by atoms with van der Waals surface area (Å²) in [6.07, 6.45) is 7.17. The van der Waals surface area contributed by atoms with Crippen LogP contribution in [0.4, 0.5) is 8.78 Å². The fourth-order valence-corrected chi connectivity index (χ4v) is 5.29. The fourth-order valence-electron chi connectivity index (χ4n) is 4.50. The lowest BCUT2D eigenvalue weighted by atomic mass is 9.74. The van der Waals surface area contributed by atoms with Gasteiger partial charge in [-0.25, -0.2) is 13.8 Å². The van der Waals surface area contributed by atoms with Crippen molar-refractivity contribution in [1.29, 1.82) is 0 Å². The zero-order chi connectivity index (χ0) is 18.1. The molecule has 0 bridgehead atoms. The van der Waals surface area contributed by atoms with E-state index in [0.717, 1.165) is 56.1 Å². The van der Waals surface area contributed by atoms with Crippen molar-refractivity contribution in [2.45, 2.75) is 50.5 Å². The van der Waals surface area contributed by atoms with E-state index in [1.54, 1.807) is 17.5 Å². The predicted molar refractivity (Wildman–Crippen MR) is 96.9 cm³/mol. The molecule has 1 saturated heterocycles. The lowest BCUT2D eigenvalue weighted by Crippen LogP contribution is -2.39. The second-order valence-electron chi connectivity index (χ2n) is 7.22. The van der Waals surface area contributed by atoms with E-state index in [0.29, 0.717) is 5.56 Å². The standard InChI is InChI=1S/C20H22F2N2OS/c21-13-7-8-15(17(22)12-13)14-4-1-2-5-16(14)20(25)24-10-3-6-18(24)19-23-9-11-26-19/h7-9,11-12,14,16,18H,1-6,10H2/t14-,16?,18+/m0/s1. The number of amides is 1. The van der Waals surface area contributed by atoms with E-state index in [-0.39, 0.29) is 23.8 Å². The van der Waals surface area contributed by atoms with Gasteiger partial charge in [0.05, 0.1) is 6.04 Å². The maximum atomic E-state index is 14.4. The molecule has 6 heteroatoms. The van der Waals surface area contributed by atoms with Crippen molar-refractivity contribution in [2.24, 2.45) is 5.92 Å². The molecule has 1 aliphatic carbocycles. The number of benzene rings is 1. The molecule has 2 aromatic rings. The summed E-state index contributed by atoms with van der Waals surface area (Å²) >= 11 is 1.58. The number of carbonyl (C=O) groups excluding carboxylic acids is 1. The highest BCUT2D eigenvalue weighted by Gasteiger charge is 2.40. The maximum absolute atomic E-state index is 14.4. The molecule has 2 aliphatic rings. The number of rotatable bonds is 3. The molecule has 1 aromatic heterocycles. The van der Waals surface area contributed by atoms with Crippen molar-refractivity contribution in [2.75, 3.05) is 6.54 Å². The van der Waals surface area contributed by atoms with Crippen LogP contribution in [0.1, 0.15) is 61.1 Å². The molecule has 2 heterocycles. The first-order valence-electron chi connectivity index (χ1n) is 9.30. The average molecular weight is 376 g/mol. The lowest BCUT2D eigenvalue weighted by molar-refractivity contribution is -0.138. The fraction of sp³-hybridized carbons (Fsp3) is 0.500. The number of carbonyl (C=O) groups is 1. The van der Waals surface area contributed by atoms with Gasteiger partial charge in [0.15, 0.2) is 0 Å².